The second-order valence-electron chi connectivity index (χ2n) is 3.34. The highest BCUT2D eigenvalue weighted by molar-refractivity contribution is 5.41. The molecule has 1 heterocycles. The minimum Gasteiger partial charge on any atom is -0.373 e. The van der Waals surface area contributed by atoms with E-state index in [0.717, 1.165) is 18.7 Å². The Hall–Kier alpha value is -1.76. The van der Waals surface area contributed by atoms with Crippen molar-refractivity contribution in [1.29, 1.82) is 0 Å². The molecule has 0 atom stereocenters. The molecule has 0 aliphatic rings. The fourth-order valence-electron chi connectivity index (χ4n) is 1.30. The van der Waals surface area contributed by atoms with Crippen molar-refractivity contribution in [2.24, 2.45) is 0 Å². The van der Waals surface area contributed by atoms with Crippen LogP contribution in [0.15, 0.2) is 17.1 Å². The molecule has 0 aromatic carbocycles. The molecule has 4 heteroatoms. The first-order valence-electron chi connectivity index (χ1n) is 4.90. The highest BCUT2D eigenvalue weighted by atomic mass is 16.1. The summed E-state index contributed by atoms with van der Waals surface area (Å²) in [5, 5.41) is 3.99. The Kier molecular flexibility index (Phi) is 3.92. The molecule has 80 valence electrons. The second-order valence-corrected chi connectivity index (χ2v) is 3.34. The topological polar surface area (TPSA) is 38.1 Å². The lowest BCUT2D eigenvalue weighted by Gasteiger charge is -2.17. The summed E-state index contributed by atoms with van der Waals surface area (Å²) < 4.78 is 1.27. The lowest BCUT2D eigenvalue weighted by atomic mass is 10.3. The van der Waals surface area contributed by atoms with Gasteiger partial charge in [-0.1, -0.05) is 12.8 Å². The van der Waals surface area contributed by atoms with Gasteiger partial charge >= 0.3 is 0 Å². The summed E-state index contributed by atoms with van der Waals surface area (Å²) in [4.78, 5) is 13.5. The Morgan fingerprint density at radius 3 is 2.93 bits per heavy atom. The van der Waals surface area contributed by atoms with Gasteiger partial charge in [-0.2, -0.15) is 5.10 Å². The Bertz CT molecular complexity index is 417. The third kappa shape index (κ3) is 2.84. The van der Waals surface area contributed by atoms with Crippen LogP contribution in [0.2, 0.25) is 0 Å². The Balaban J connectivity index is 2.92. The van der Waals surface area contributed by atoms with Crippen LogP contribution in [0.5, 0.6) is 0 Å². The SMILES string of the molecule is C#CCn1ncc(N(C)CCC)cc1=O. The third-order valence-corrected chi connectivity index (χ3v) is 2.10. The molecule has 0 bridgehead atoms. The van der Waals surface area contributed by atoms with Crippen LogP contribution in [0.1, 0.15) is 13.3 Å². The summed E-state index contributed by atoms with van der Waals surface area (Å²) in [5.41, 5.74) is 0.670. The summed E-state index contributed by atoms with van der Waals surface area (Å²) in [6, 6.07) is 1.56. The highest BCUT2D eigenvalue weighted by Gasteiger charge is 2.02. The molecule has 15 heavy (non-hydrogen) atoms. The van der Waals surface area contributed by atoms with Crippen molar-refractivity contribution in [2.45, 2.75) is 19.9 Å². The Morgan fingerprint density at radius 1 is 1.67 bits per heavy atom. The minimum absolute atomic E-state index is 0.159. The summed E-state index contributed by atoms with van der Waals surface area (Å²) in [5.74, 6) is 2.39. The standard InChI is InChI=1S/C11H15N3O/c1-4-6-13(3)10-8-11(15)14(7-5-2)12-9-10/h2,8-9H,4,6-7H2,1,3H3. The van der Waals surface area contributed by atoms with E-state index in [4.69, 9.17) is 6.42 Å². The number of hydrogen-bond acceptors (Lipinski definition) is 3. The largest absolute Gasteiger partial charge is 0.373 e. The summed E-state index contributed by atoms with van der Waals surface area (Å²) >= 11 is 0. The van der Waals surface area contributed by atoms with Crippen molar-refractivity contribution in [1.82, 2.24) is 9.78 Å². The van der Waals surface area contributed by atoms with E-state index in [1.165, 1.54) is 4.68 Å². The zero-order valence-corrected chi connectivity index (χ0v) is 9.10. The van der Waals surface area contributed by atoms with E-state index in [9.17, 15) is 4.79 Å². The van der Waals surface area contributed by atoms with Crippen molar-refractivity contribution in [3.63, 3.8) is 0 Å². The fraction of sp³-hybridized carbons (Fsp3) is 0.455. The van der Waals surface area contributed by atoms with Gasteiger partial charge in [-0.15, -0.1) is 6.42 Å². The predicted molar refractivity (Wildman–Crippen MR) is 60.9 cm³/mol. The molecule has 0 N–H and O–H groups in total. The first-order chi connectivity index (χ1) is 7.19. The zero-order chi connectivity index (χ0) is 11.3. The molecular formula is C11H15N3O. The van der Waals surface area contributed by atoms with Crippen LogP contribution in [0, 0.1) is 12.3 Å². The number of terminal acetylenes is 1. The van der Waals surface area contributed by atoms with E-state index in [2.05, 4.69) is 17.9 Å². The van der Waals surface area contributed by atoms with Gasteiger partial charge in [0.15, 0.2) is 0 Å². The first-order valence-corrected chi connectivity index (χ1v) is 4.90. The van der Waals surface area contributed by atoms with Crippen LogP contribution in [0.4, 0.5) is 5.69 Å². The highest BCUT2D eigenvalue weighted by Crippen LogP contribution is 2.06. The van der Waals surface area contributed by atoms with Crippen LogP contribution >= 0.6 is 0 Å². The summed E-state index contributed by atoms with van der Waals surface area (Å²) in [6.45, 7) is 3.21. The molecule has 0 saturated carbocycles. The molecule has 1 aromatic rings. The van der Waals surface area contributed by atoms with Gasteiger partial charge in [0.05, 0.1) is 11.9 Å². The molecular weight excluding hydrogens is 190 g/mol. The van der Waals surface area contributed by atoms with Gasteiger partial charge in [0.2, 0.25) is 0 Å². The predicted octanol–water partition coefficient (Wildman–Crippen LogP) is 0.723. The Morgan fingerprint density at radius 2 is 2.40 bits per heavy atom. The average Bonchev–Trinajstić information content (AvgIpc) is 2.21. The van der Waals surface area contributed by atoms with Gasteiger partial charge in [0.25, 0.3) is 5.56 Å². The number of rotatable bonds is 4. The van der Waals surface area contributed by atoms with E-state index in [1.807, 2.05) is 11.9 Å². The van der Waals surface area contributed by atoms with Gasteiger partial charge in [-0.3, -0.25) is 4.79 Å². The summed E-state index contributed by atoms with van der Waals surface area (Å²) in [7, 11) is 1.94. The maximum Gasteiger partial charge on any atom is 0.269 e. The zero-order valence-electron chi connectivity index (χ0n) is 9.10. The van der Waals surface area contributed by atoms with Crippen molar-refractivity contribution in [2.75, 3.05) is 18.5 Å². The molecule has 0 aliphatic carbocycles. The molecule has 0 saturated heterocycles. The number of hydrogen-bond donors (Lipinski definition) is 0. The van der Waals surface area contributed by atoms with Crippen LogP contribution in [0.3, 0.4) is 0 Å². The quantitative estimate of drug-likeness (QED) is 0.680. The maximum absolute atomic E-state index is 11.5. The smallest absolute Gasteiger partial charge is 0.269 e. The first kappa shape index (κ1) is 11.3. The fourth-order valence-corrected chi connectivity index (χ4v) is 1.30. The van der Waals surface area contributed by atoms with Gasteiger partial charge in [0, 0.05) is 19.7 Å². The van der Waals surface area contributed by atoms with Crippen LogP contribution in [-0.2, 0) is 6.54 Å². The molecule has 4 nitrogen and oxygen atoms in total. The van der Waals surface area contributed by atoms with Gasteiger partial charge in [-0.25, -0.2) is 4.68 Å². The van der Waals surface area contributed by atoms with Crippen molar-refractivity contribution in [3.05, 3.63) is 22.6 Å². The van der Waals surface area contributed by atoms with E-state index in [0.29, 0.717) is 0 Å². The second kappa shape index (κ2) is 5.20. The van der Waals surface area contributed by atoms with Gasteiger partial charge in [-0.05, 0) is 6.42 Å². The lowest BCUT2D eigenvalue weighted by molar-refractivity contribution is 0.660. The van der Waals surface area contributed by atoms with Gasteiger partial charge in [0.1, 0.15) is 6.54 Å². The van der Waals surface area contributed by atoms with E-state index in [1.54, 1.807) is 12.3 Å². The number of nitrogens with zero attached hydrogens (tertiary/aromatic N) is 3. The minimum atomic E-state index is -0.159. The van der Waals surface area contributed by atoms with Crippen molar-refractivity contribution in [3.8, 4) is 12.3 Å². The molecule has 0 amide bonds. The van der Waals surface area contributed by atoms with Gasteiger partial charge < -0.3 is 4.90 Å². The van der Waals surface area contributed by atoms with E-state index < -0.39 is 0 Å². The third-order valence-electron chi connectivity index (χ3n) is 2.10. The Labute approximate surface area is 89.5 Å². The number of anilines is 1. The molecule has 0 radical (unpaired) electrons. The molecule has 0 spiro atoms. The van der Waals surface area contributed by atoms with E-state index in [-0.39, 0.29) is 12.1 Å². The van der Waals surface area contributed by atoms with Crippen LogP contribution in [0.25, 0.3) is 0 Å². The van der Waals surface area contributed by atoms with Crippen molar-refractivity contribution < 1.29 is 0 Å². The monoisotopic (exact) mass is 205 g/mol. The average molecular weight is 205 g/mol. The van der Waals surface area contributed by atoms with Crippen LogP contribution < -0.4 is 10.5 Å². The molecule has 0 aliphatic heterocycles. The summed E-state index contributed by atoms with van der Waals surface area (Å²) in [6.07, 6.45) is 7.81. The van der Waals surface area contributed by atoms with Crippen molar-refractivity contribution >= 4 is 5.69 Å². The van der Waals surface area contributed by atoms with E-state index >= 15 is 0 Å². The molecule has 1 aromatic heterocycles. The molecule has 1 rings (SSSR count). The number of aromatic nitrogens is 2. The van der Waals surface area contributed by atoms with Crippen LogP contribution in [-0.4, -0.2) is 23.4 Å². The molecule has 0 unspecified atom stereocenters. The molecule has 0 fully saturated rings. The lowest BCUT2D eigenvalue weighted by Crippen LogP contribution is -2.25. The maximum atomic E-state index is 11.5. The normalized spacial score (nSPS) is 9.67.